The van der Waals surface area contributed by atoms with Crippen LogP contribution in [0.4, 0.5) is 5.69 Å². The predicted molar refractivity (Wildman–Crippen MR) is 109 cm³/mol. The number of hydrogen-bond donors (Lipinski definition) is 1. The molecule has 7 heteroatoms. The highest BCUT2D eigenvalue weighted by molar-refractivity contribution is 6.15. The maximum Gasteiger partial charge on any atom is 0.274 e. The fraction of sp³-hybridized carbons (Fsp3) is 0.182. The fourth-order valence-electron chi connectivity index (χ4n) is 3.30. The van der Waals surface area contributed by atoms with Gasteiger partial charge in [0.15, 0.2) is 0 Å². The van der Waals surface area contributed by atoms with Crippen molar-refractivity contribution in [3.05, 3.63) is 81.7 Å². The Kier molecular flexibility index (Phi) is 4.61. The van der Waals surface area contributed by atoms with Crippen molar-refractivity contribution in [3.63, 3.8) is 0 Å². The first kappa shape index (κ1) is 18.4. The maximum atomic E-state index is 12.8. The molecule has 1 aliphatic heterocycles. The molecule has 1 aromatic carbocycles. The van der Waals surface area contributed by atoms with Gasteiger partial charge in [0.25, 0.3) is 5.91 Å². The summed E-state index contributed by atoms with van der Waals surface area (Å²) in [6.07, 6.45) is 3.15. The van der Waals surface area contributed by atoms with Crippen LogP contribution in [0, 0.1) is 32.1 Å². The molecule has 1 N–H and O–H groups in total. The van der Waals surface area contributed by atoms with Gasteiger partial charge in [-0.1, -0.05) is 6.07 Å². The van der Waals surface area contributed by atoms with E-state index in [4.69, 9.17) is 5.26 Å². The number of anilines is 1. The van der Waals surface area contributed by atoms with Crippen LogP contribution in [0.2, 0.25) is 0 Å². The lowest BCUT2D eigenvalue weighted by molar-refractivity contribution is 0.102. The molecule has 2 aromatic heterocycles. The number of fused-ring (bicyclic) bond motifs is 1. The summed E-state index contributed by atoms with van der Waals surface area (Å²) < 4.78 is 0. The minimum Gasteiger partial charge on any atom is -0.321 e. The number of nitrogens with zero attached hydrogens (tertiary/aromatic N) is 5. The number of pyridine rings is 1. The Morgan fingerprint density at radius 2 is 1.97 bits per heavy atom. The van der Waals surface area contributed by atoms with E-state index in [-0.39, 0.29) is 5.91 Å². The van der Waals surface area contributed by atoms with Crippen molar-refractivity contribution < 1.29 is 4.79 Å². The molecule has 0 saturated carbocycles. The zero-order valence-electron chi connectivity index (χ0n) is 16.3. The topological polar surface area (TPSA) is 104 Å². The zero-order valence-corrected chi connectivity index (χ0v) is 16.3. The van der Waals surface area contributed by atoms with Gasteiger partial charge in [0.2, 0.25) is 0 Å². The number of aryl methyl sites for hydroxylation is 1. The van der Waals surface area contributed by atoms with Gasteiger partial charge in [0.05, 0.1) is 23.5 Å². The van der Waals surface area contributed by atoms with E-state index in [0.717, 1.165) is 28.1 Å². The Morgan fingerprint density at radius 3 is 2.72 bits per heavy atom. The number of aliphatic imine (C=N–C) groups is 1. The van der Waals surface area contributed by atoms with Gasteiger partial charge < -0.3 is 5.32 Å². The normalized spacial score (nSPS) is 12.1. The predicted octanol–water partition coefficient (Wildman–Crippen LogP) is 3.27. The summed E-state index contributed by atoms with van der Waals surface area (Å²) in [5.74, 6) is 0.366. The van der Waals surface area contributed by atoms with E-state index < -0.39 is 0 Å². The largest absolute Gasteiger partial charge is 0.321 e. The second kappa shape index (κ2) is 7.24. The summed E-state index contributed by atoms with van der Waals surface area (Å²) in [6, 6.07) is 9.64. The van der Waals surface area contributed by atoms with Gasteiger partial charge in [-0.25, -0.2) is 15.0 Å². The van der Waals surface area contributed by atoms with Crippen LogP contribution in [0.3, 0.4) is 0 Å². The summed E-state index contributed by atoms with van der Waals surface area (Å²) in [5, 5.41) is 12.0. The third-order valence-corrected chi connectivity index (χ3v) is 5.03. The summed E-state index contributed by atoms with van der Waals surface area (Å²) in [5.41, 5.74) is 6.47. The molecule has 0 atom stereocenters. The van der Waals surface area contributed by atoms with E-state index in [1.807, 2.05) is 38.1 Å². The lowest BCUT2D eigenvalue weighted by Crippen LogP contribution is -2.17. The third kappa shape index (κ3) is 3.36. The van der Waals surface area contributed by atoms with Crippen molar-refractivity contribution in [3.8, 4) is 6.07 Å². The number of amides is 1. The molecule has 0 spiro atoms. The smallest absolute Gasteiger partial charge is 0.274 e. The van der Waals surface area contributed by atoms with Gasteiger partial charge in [-0.3, -0.25) is 9.79 Å². The Balaban J connectivity index is 1.63. The number of carbonyl (C=O) groups excluding carboxylic acids is 1. The molecule has 3 aromatic rings. The molecule has 0 fully saturated rings. The van der Waals surface area contributed by atoms with Crippen molar-refractivity contribution in [1.29, 1.82) is 5.26 Å². The molecular weight excluding hydrogens is 364 g/mol. The van der Waals surface area contributed by atoms with E-state index in [9.17, 15) is 4.79 Å². The molecule has 0 radical (unpaired) electrons. The first-order valence-corrected chi connectivity index (χ1v) is 9.13. The van der Waals surface area contributed by atoms with Crippen LogP contribution in [0.15, 0.2) is 41.7 Å². The molecule has 4 rings (SSSR count). The second-order valence-corrected chi connectivity index (χ2v) is 6.86. The summed E-state index contributed by atoms with van der Waals surface area (Å²) >= 11 is 0. The number of nitriles is 1. The Labute approximate surface area is 168 Å². The quantitative estimate of drug-likeness (QED) is 0.749. The van der Waals surface area contributed by atoms with Crippen LogP contribution >= 0.6 is 0 Å². The highest BCUT2D eigenvalue weighted by Crippen LogP contribution is 2.26. The second-order valence-electron chi connectivity index (χ2n) is 6.86. The number of benzene rings is 1. The minimum atomic E-state index is -0.315. The Morgan fingerprint density at radius 1 is 1.14 bits per heavy atom. The molecule has 1 aliphatic rings. The van der Waals surface area contributed by atoms with Crippen molar-refractivity contribution >= 4 is 17.3 Å². The average Bonchev–Trinajstić information content (AvgIpc) is 3.13. The molecule has 0 bridgehead atoms. The van der Waals surface area contributed by atoms with E-state index in [1.165, 1.54) is 6.20 Å². The Hall–Kier alpha value is -3.92. The SMILES string of the molecule is Cc1nccc(C2=NCc3ccc(NC(=O)c4ncc(C#N)c(C)c4C)cc32)n1. The fourth-order valence-corrected chi connectivity index (χ4v) is 3.30. The standard InChI is InChI=1S/C22H18N6O/c1-12-13(2)20(25-11-16(12)9-23)22(29)28-17-5-4-15-10-26-21(18(15)8-17)19-6-7-24-14(3)27-19/h4-8,11H,10H2,1-3H3,(H,28,29). The number of carbonyl (C=O) groups is 1. The van der Waals surface area contributed by atoms with Gasteiger partial charge in [-0.05, 0) is 55.7 Å². The molecule has 29 heavy (non-hydrogen) atoms. The average molecular weight is 382 g/mol. The van der Waals surface area contributed by atoms with E-state index in [2.05, 4.69) is 31.3 Å². The molecule has 7 nitrogen and oxygen atoms in total. The lowest BCUT2D eigenvalue weighted by Gasteiger charge is -2.11. The lowest BCUT2D eigenvalue weighted by atomic mass is 10.0. The molecule has 0 aliphatic carbocycles. The highest BCUT2D eigenvalue weighted by atomic mass is 16.1. The molecule has 0 saturated heterocycles. The first-order valence-electron chi connectivity index (χ1n) is 9.13. The number of nitrogens with one attached hydrogen (secondary N) is 1. The summed E-state index contributed by atoms with van der Waals surface area (Å²) in [7, 11) is 0. The number of rotatable bonds is 3. The van der Waals surface area contributed by atoms with Gasteiger partial charge in [0.1, 0.15) is 17.6 Å². The van der Waals surface area contributed by atoms with Gasteiger partial charge in [0, 0.05) is 23.6 Å². The van der Waals surface area contributed by atoms with Gasteiger partial charge in [-0.15, -0.1) is 0 Å². The van der Waals surface area contributed by atoms with E-state index >= 15 is 0 Å². The number of aromatic nitrogens is 3. The van der Waals surface area contributed by atoms with Crippen LogP contribution in [0.25, 0.3) is 0 Å². The van der Waals surface area contributed by atoms with Crippen molar-refractivity contribution in [2.45, 2.75) is 27.3 Å². The summed E-state index contributed by atoms with van der Waals surface area (Å²) in [4.78, 5) is 30.2. The van der Waals surface area contributed by atoms with Gasteiger partial charge >= 0.3 is 0 Å². The monoisotopic (exact) mass is 382 g/mol. The molecular formula is C22H18N6O. The molecule has 3 heterocycles. The van der Waals surface area contributed by atoms with Crippen LogP contribution in [-0.2, 0) is 6.54 Å². The van der Waals surface area contributed by atoms with Crippen molar-refractivity contribution in [2.24, 2.45) is 4.99 Å². The molecule has 1 amide bonds. The first-order chi connectivity index (χ1) is 14.0. The minimum absolute atomic E-state index is 0.308. The Bertz CT molecular complexity index is 1220. The van der Waals surface area contributed by atoms with E-state index in [1.54, 1.807) is 13.1 Å². The third-order valence-electron chi connectivity index (χ3n) is 5.03. The highest BCUT2D eigenvalue weighted by Gasteiger charge is 2.21. The van der Waals surface area contributed by atoms with Crippen molar-refractivity contribution in [2.75, 3.05) is 5.32 Å². The molecule has 0 unspecified atom stereocenters. The van der Waals surface area contributed by atoms with Crippen LogP contribution in [-0.4, -0.2) is 26.6 Å². The maximum absolute atomic E-state index is 12.8. The molecule has 142 valence electrons. The van der Waals surface area contributed by atoms with Crippen LogP contribution in [0.1, 0.15) is 49.8 Å². The van der Waals surface area contributed by atoms with E-state index in [0.29, 0.717) is 34.9 Å². The zero-order chi connectivity index (χ0) is 20.5. The van der Waals surface area contributed by atoms with Crippen molar-refractivity contribution in [1.82, 2.24) is 15.0 Å². The number of hydrogen-bond acceptors (Lipinski definition) is 6. The van der Waals surface area contributed by atoms with Crippen LogP contribution < -0.4 is 5.32 Å². The van der Waals surface area contributed by atoms with Crippen LogP contribution in [0.5, 0.6) is 0 Å². The van der Waals surface area contributed by atoms with Gasteiger partial charge in [-0.2, -0.15) is 5.26 Å². The summed E-state index contributed by atoms with van der Waals surface area (Å²) in [6.45, 7) is 6.03.